The molecule has 6 heteroatoms. The van der Waals surface area contributed by atoms with Gasteiger partial charge in [0.05, 0.1) is 12.1 Å². The highest BCUT2D eigenvalue weighted by atomic mass is 16.4. The molecule has 1 aromatic heterocycles. The molecule has 6 nitrogen and oxygen atoms in total. The Hall–Kier alpha value is -2.11. The molecule has 0 unspecified atom stereocenters. The van der Waals surface area contributed by atoms with Gasteiger partial charge in [0, 0.05) is 19.2 Å². The molecule has 0 atom stereocenters. The van der Waals surface area contributed by atoms with Crippen LogP contribution in [0.3, 0.4) is 0 Å². The van der Waals surface area contributed by atoms with E-state index in [9.17, 15) is 9.59 Å². The van der Waals surface area contributed by atoms with Gasteiger partial charge in [0.25, 0.3) is 0 Å². The van der Waals surface area contributed by atoms with Gasteiger partial charge in [0.2, 0.25) is 5.91 Å². The van der Waals surface area contributed by atoms with Crippen LogP contribution in [0, 0.1) is 5.92 Å². The maximum absolute atomic E-state index is 11.7. The average Bonchev–Trinajstić information content (AvgIpc) is 2.53. The van der Waals surface area contributed by atoms with E-state index in [-0.39, 0.29) is 18.7 Å². The van der Waals surface area contributed by atoms with Gasteiger partial charge in [-0.05, 0) is 30.9 Å². The molecule has 3 N–H and O–H groups in total. The lowest BCUT2D eigenvalue weighted by Crippen LogP contribution is -2.19. The molecule has 1 aliphatic rings. The summed E-state index contributed by atoms with van der Waals surface area (Å²) < 4.78 is 0. The molecule has 0 bridgehead atoms. The van der Waals surface area contributed by atoms with Crippen LogP contribution < -0.4 is 10.6 Å². The lowest BCUT2D eigenvalue weighted by Gasteiger charge is -2.22. The van der Waals surface area contributed by atoms with E-state index < -0.39 is 5.97 Å². The van der Waals surface area contributed by atoms with Crippen molar-refractivity contribution < 1.29 is 14.7 Å². The third-order valence-electron chi connectivity index (χ3n) is 3.93. The van der Waals surface area contributed by atoms with Crippen LogP contribution in [0.5, 0.6) is 0 Å². The van der Waals surface area contributed by atoms with E-state index >= 15 is 0 Å². The molecule has 1 amide bonds. The molecule has 0 spiro atoms. The Labute approximate surface area is 130 Å². The summed E-state index contributed by atoms with van der Waals surface area (Å²) in [5, 5.41) is 14.6. The second-order valence-corrected chi connectivity index (χ2v) is 5.73. The van der Waals surface area contributed by atoms with Gasteiger partial charge in [-0.25, -0.2) is 4.98 Å². The van der Waals surface area contributed by atoms with E-state index in [1.165, 1.54) is 32.1 Å². The quantitative estimate of drug-likeness (QED) is 0.720. The number of amides is 1. The summed E-state index contributed by atoms with van der Waals surface area (Å²) in [6.45, 7) is 0.856. The highest BCUT2D eigenvalue weighted by Gasteiger charge is 2.14. The molecular formula is C16H23N3O3. The highest BCUT2D eigenvalue weighted by Crippen LogP contribution is 2.25. The topological polar surface area (TPSA) is 91.3 Å². The number of carboxylic acids is 1. The summed E-state index contributed by atoms with van der Waals surface area (Å²) in [7, 11) is 0. The number of carboxylic acid groups (broad SMARTS) is 1. The number of nitrogens with zero attached hydrogens (tertiary/aromatic N) is 1. The fourth-order valence-electron chi connectivity index (χ4n) is 2.71. The predicted molar refractivity (Wildman–Crippen MR) is 84.8 cm³/mol. The summed E-state index contributed by atoms with van der Waals surface area (Å²) in [6.07, 6.45) is 7.84. The van der Waals surface area contributed by atoms with Crippen LogP contribution in [0.1, 0.15) is 44.9 Å². The summed E-state index contributed by atoms with van der Waals surface area (Å²) >= 11 is 0. The van der Waals surface area contributed by atoms with Gasteiger partial charge in [-0.3, -0.25) is 9.59 Å². The molecule has 0 saturated heterocycles. The van der Waals surface area contributed by atoms with Crippen molar-refractivity contribution in [1.82, 2.24) is 4.98 Å². The summed E-state index contributed by atoms with van der Waals surface area (Å²) in [5.74, 6) is 0.0242. The van der Waals surface area contributed by atoms with Gasteiger partial charge in [-0.2, -0.15) is 0 Å². The second kappa shape index (κ2) is 8.36. The Kier molecular flexibility index (Phi) is 6.18. The Morgan fingerprint density at radius 1 is 1.23 bits per heavy atom. The highest BCUT2D eigenvalue weighted by molar-refractivity contribution is 5.94. The van der Waals surface area contributed by atoms with Crippen molar-refractivity contribution in [3.63, 3.8) is 0 Å². The smallest absolute Gasteiger partial charge is 0.303 e. The van der Waals surface area contributed by atoms with Gasteiger partial charge >= 0.3 is 5.97 Å². The number of carbonyl (C=O) groups is 2. The van der Waals surface area contributed by atoms with Gasteiger partial charge in [-0.1, -0.05) is 19.3 Å². The Bertz CT molecular complexity index is 513. The number of rotatable bonds is 7. The molecule has 0 radical (unpaired) electrons. The largest absolute Gasteiger partial charge is 0.481 e. The fourth-order valence-corrected chi connectivity index (χ4v) is 2.71. The first-order valence-corrected chi connectivity index (χ1v) is 7.85. The lowest BCUT2D eigenvalue weighted by molar-refractivity contribution is -0.138. The monoisotopic (exact) mass is 305 g/mol. The zero-order valence-corrected chi connectivity index (χ0v) is 12.7. The predicted octanol–water partition coefficient (Wildman–Crippen LogP) is 2.88. The maximum Gasteiger partial charge on any atom is 0.303 e. The van der Waals surface area contributed by atoms with Crippen LogP contribution in [0.15, 0.2) is 18.3 Å². The number of aliphatic carboxylic acids is 1. The van der Waals surface area contributed by atoms with E-state index in [0.717, 1.165) is 6.54 Å². The third kappa shape index (κ3) is 5.35. The number of hydrogen-bond acceptors (Lipinski definition) is 4. The van der Waals surface area contributed by atoms with Crippen LogP contribution in [-0.4, -0.2) is 28.5 Å². The summed E-state index contributed by atoms with van der Waals surface area (Å²) in [5.41, 5.74) is 0.605. The molecule has 1 aromatic rings. The van der Waals surface area contributed by atoms with E-state index in [0.29, 0.717) is 17.4 Å². The SMILES string of the molecule is O=C(O)CCC(=O)Nc1cccnc1NCC1CCCCC1. The first-order chi connectivity index (χ1) is 10.6. The van der Waals surface area contributed by atoms with Gasteiger partial charge in [0.1, 0.15) is 5.82 Å². The van der Waals surface area contributed by atoms with E-state index in [4.69, 9.17) is 5.11 Å². The molecular weight excluding hydrogens is 282 g/mol. The lowest BCUT2D eigenvalue weighted by atomic mass is 9.89. The molecule has 0 aromatic carbocycles. The molecule has 1 aliphatic carbocycles. The van der Waals surface area contributed by atoms with Crippen LogP contribution in [0.25, 0.3) is 0 Å². The number of nitrogens with one attached hydrogen (secondary N) is 2. The average molecular weight is 305 g/mol. The third-order valence-corrected chi connectivity index (χ3v) is 3.93. The van der Waals surface area contributed by atoms with Gasteiger partial charge in [-0.15, -0.1) is 0 Å². The number of aromatic nitrogens is 1. The molecule has 22 heavy (non-hydrogen) atoms. The van der Waals surface area contributed by atoms with Gasteiger partial charge < -0.3 is 15.7 Å². The molecule has 2 rings (SSSR count). The summed E-state index contributed by atoms with van der Waals surface area (Å²) in [4.78, 5) is 26.5. The van der Waals surface area contributed by atoms with Crippen molar-refractivity contribution in [2.75, 3.05) is 17.2 Å². The Morgan fingerprint density at radius 3 is 2.73 bits per heavy atom. The van der Waals surface area contributed by atoms with Crippen LogP contribution in [0.2, 0.25) is 0 Å². The molecule has 1 saturated carbocycles. The van der Waals surface area contributed by atoms with Crippen molar-refractivity contribution in [1.29, 1.82) is 0 Å². The maximum atomic E-state index is 11.7. The van der Waals surface area contributed by atoms with Crippen LogP contribution >= 0.6 is 0 Å². The molecule has 0 aliphatic heterocycles. The van der Waals surface area contributed by atoms with Crippen LogP contribution in [-0.2, 0) is 9.59 Å². The number of pyridine rings is 1. The first kappa shape index (κ1) is 16.3. The van der Waals surface area contributed by atoms with Crippen molar-refractivity contribution in [3.8, 4) is 0 Å². The number of hydrogen-bond donors (Lipinski definition) is 3. The molecule has 120 valence electrons. The molecule has 1 fully saturated rings. The minimum absolute atomic E-state index is 0.0354. The van der Waals surface area contributed by atoms with E-state index in [2.05, 4.69) is 15.6 Å². The van der Waals surface area contributed by atoms with Crippen molar-refractivity contribution in [3.05, 3.63) is 18.3 Å². The number of anilines is 2. The molecule has 1 heterocycles. The number of carbonyl (C=O) groups excluding carboxylic acids is 1. The zero-order chi connectivity index (χ0) is 15.8. The van der Waals surface area contributed by atoms with Gasteiger partial charge in [0.15, 0.2) is 0 Å². The summed E-state index contributed by atoms with van der Waals surface area (Å²) in [6, 6.07) is 3.52. The minimum atomic E-state index is -0.975. The second-order valence-electron chi connectivity index (χ2n) is 5.73. The van der Waals surface area contributed by atoms with Crippen molar-refractivity contribution >= 4 is 23.4 Å². The standard InChI is InChI=1S/C16H23N3O3/c20-14(8-9-15(21)22)19-13-7-4-10-17-16(13)18-11-12-5-2-1-3-6-12/h4,7,10,12H,1-3,5-6,8-9,11H2,(H,17,18)(H,19,20)(H,21,22). The van der Waals surface area contributed by atoms with E-state index in [1.54, 1.807) is 18.3 Å². The Balaban J connectivity index is 1.88. The van der Waals surface area contributed by atoms with Crippen molar-refractivity contribution in [2.45, 2.75) is 44.9 Å². The first-order valence-electron chi connectivity index (χ1n) is 7.85. The van der Waals surface area contributed by atoms with Crippen molar-refractivity contribution in [2.24, 2.45) is 5.92 Å². The Morgan fingerprint density at radius 2 is 2.00 bits per heavy atom. The fraction of sp³-hybridized carbons (Fsp3) is 0.562. The van der Waals surface area contributed by atoms with E-state index in [1.807, 2.05) is 0 Å². The normalized spacial score (nSPS) is 15.3. The minimum Gasteiger partial charge on any atom is -0.481 e. The van der Waals surface area contributed by atoms with Crippen LogP contribution in [0.4, 0.5) is 11.5 Å². The zero-order valence-electron chi connectivity index (χ0n) is 12.7.